The molecule has 0 N–H and O–H groups in total. The second kappa shape index (κ2) is 12.3. The first-order valence-electron chi connectivity index (χ1n) is 13.3. The van der Waals surface area contributed by atoms with E-state index in [0.717, 1.165) is 49.9 Å². The van der Waals surface area contributed by atoms with Crippen molar-refractivity contribution < 1.29 is 14.2 Å². The Morgan fingerprint density at radius 1 is 0.833 bits per heavy atom. The predicted octanol–water partition coefficient (Wildman–Crippen LogP) is 5.57. The first kappa shape index (κ1) is 24.7. The van der Waals surface area contributed by atoms with E-state index in [0.29, 0.717) is 6.61 Å². The summed E-state index contributed by atoms with van der Waals surface area (Å²) in [6.45, 7) is 6.59. The molecule has 0 amide bonds. The Balaban J connectivity index is 1.23. The Kier molecular flexibility index (Phi) is 8.42. The van der Waals surface area contributed by atoms with Gasteiger partial charge in [-0.1, -0.05) is 48.9 Å². The lowest BCUT2D eigenvalue weighted by Gasteiger charge is -2.29. The smallest absolute Gasteiger partial charge is 0.123 e. The van der Waals surface area contributed by atoms with Gasteiger partial charge in [0.1, 0.15) is 30.5 Å². The highest BCUT2D eigenvalue weighted by Gasteiger charge is 2.25. The van der Waals surface area contributed by atoms with Crippen LogP contribution in [0.3, 0.4) is 0 Å². The molecule has 0 bridgehead atoms. The van der Waals surface area contributed by atoms with Crippen molar-refractivity contribution in [3.63, 3.8) is 0 Å². The van der Waals surface area contributed by atoms with Crippen molar-refractivity contribution in [1.29, 1.82) is 0 Å². The maximum Gasteiger partial charge on any atom is 0.123 e. The topological polar surface area (TPSA) is 34.2 Å². The van der Waals surface area contributed by atoms with Crippen molar-refractivity contribution in [3.8, 4) is 17.2 Å². The summed E-state index contributed by atoms with van der Waals surface area (Å²) in [5.74, 6) is 2.84. The fourth-order valence-corrected chi connectivity index (χ4v) is 5.22. The van der Waals surface area contributed by atoms with Gasteiger partial charge in [0.15, 0.2) is 0 Å². The third-order valence-corrected chi connectivity index (χ3v) is 7.36. The maximum absolute atomic E-state index is 6.27. The Labute approximate surface area is 215 Å². The standard InChI is InChI=1S/C31H38N2O3/c1-34-29-13-9-25(10-14-29)21-28-24-36-31-8-4-3-7-27(31)23-33(28)22-26-11-15-30(16-12-26)35-20-19-32-17-5-2-6-18-32/h3-4,7-16,28H,2,5-6,17-24H2,1H3/t28-/m0/s1. The fraction of sp³-hybridized carbons (Fsp3) is 0.419. The predicted molar refractivity (Wildman–Crippen MR) is 144 cm³/mol. The largest absolute Gasteiger partial charge is 0.497 e. The van der Waals surface area contributed by atoms with Crippen LogP contribution in [0, 0.1) is 0 Å². The molecule has 2 heterocycles. The van der Waals surface area contributed by atoms with Crippen LogP contribution in [-0.2, 0) is 19.5 Å². The van der Waals surface area contributed by atoms with E-state index in [2.05, 4.69) is 70.5 Å². The first-order valence-corrected chi connectivity index (χ1v) is 13.3. The highest BCUT2D eigenvalue weighted by molar-refractivity contribution is 5.35. The van der Waals surface area contributed by atoms with E-state index in [1.165, 1.54) is 49.0 Å². The summed E-state index contributed by atoms with van der Waals surface area (Å²) in [7, 11) is 1.71. The lowest BCUT2D eigenvalue weighted by Crippen LogP contribution is -2.38. The van der Waals surface area contributed by atoms with E-state index in [1.807, 2.05) is 12.1 Å². The summed E-state index contributed by atoms with van der Waals surface area (Å²) in [6, 6.07) is 25.7. The average Bonchev–Trinajstić information content (AvgIpc) is 3.10. The molecule has 5 rings (SSSR count). The van der Waals surface area contributed by atoms with Crippen molar-refractivity contribution in [2.24, 2.45) is 0 Å². The van der Waals surface area contributed by atoms with E-state index in [4.69, 9.17) is 14.2 Å². The number of hydrogen-bond donors (Lipinski definition) is 0. The monoisotopic (exact) mass is 486 g/mol. The van der Waals surface area contributed by atoms with Crippen LogP contribution in [0.4, 0.5) is 0 Å². The van der Waals surface area contributed by atoms with Crippen LogP contribution < -0.4 is 14.2 Å². The third-order valence-electron chi connectivity index (χ3n) is 7.36. The lowest BCUT2D eigenvalue weighted by atomic mass is 10.0. The molecule has 3 aromatic rings. The number of likely N-dealkylation sites (tertiary alicyclic amines) is 1. The average molecular weight is 487 g/mol. The molecule has 3 aromatic carbocycles. The van der Waals surface area contributed by atoms with Gasteiger partial charge >= 0.3 is 0 Å². The molecule has 2 aliphatic rings. The van der Waals surface area contributed by atoms with E-state index in [1.54, 1.807) is 7.11 Å². The SMILES string of the molecule is COc1ccc(C[C@H]2COc3ccccc3CN2Cc2ccc(OCCN3CCCCC3)cc2)cc1. The van der Waals surface area contributed by atoms with Crippen molar-refractivity contribution >= 4 is 0 Å². The number of ether oxygens (including phenoxy) is 3. The van der Waals surface area contributed by atoms with Crippen LogP contribution in [0.15, 0.2) is 72.8 Å². The van der Waals surface area contributed by atoms with Gasteiger partial charge in [0.05, 0.1) is 7.11 Å². The van der Waals surface area contributed by atoms with Crippen LogP contribution >= 0.6 is 0 Å². The molecule has 36 heavy (non-hydrogen) atoms. The number of rotatable bonds is 9. The molecule has 5 heteroatoms. The molecule has 2 aliphatic heterocycles. The Bertz CT molecular complexity index is 1080. The minimum Gasteiger partial charge on any atom is -0.497 e. The normalized spacial score (nSPS) is 18.6. The van der Waals surface area contributed by atoms with E-state index in [-0.39, 0.29) is 6.04 Å². The summed E-state index contributed by atoms with van der Waals surface area (Å²) in [5.41, 5.74) is 3.82. The Hall–Kier alpha value is -3.02. The minimum absolute atomic E-state index is 0.270. The molecule has 5 nitrogen and oxygen atoms in total. The zero-order chi connectivity index (χ0) is 24.6. The quantitative estimate of drug-likeness (QED) is 0.395. The van der Waals surface area contributed by atoms with E-state index in [9.17, 15) is 0 Å². The summed E-state index contributed by atoms with van der Waals surface area (Å²) in [5, 5.41) is 0. The van der Waals surface area contributed by atoms with Gasteiger partial charge in [0, 0.05) is 31.2 Å². The van der Waals surface area contributed by atoms with Crippen LogP contribution in [0.1, 0.15) is 36.0 Å². The first-order chi connectivity index (χ1) is 17.8. The van der Waals surface area contributed by atoms with E-state index < -0.39 is 0 Å². The number of para-hydroxylation sites is 1. The summed E-state index contributed by atoms with van der Waals surface area (Å²) < 4.78 is 17.7. The Morgan fingerprint density at radius 3 is 2.33 bits per heavy atom. The summed E-state index contributed by atoms with van der Waals surface area (Å²) in [6.07, 6.45) is 4.94. The molecule has 190 valence electrons. The number of hydrogen-bond acceptors (Lipinski definition) is 5. The Morgan fingerprint density at radius 2 is 1.56 bits per heavy atom. The van der Waals surface area contributed by atoms with Crippen LogP contribution in [0.2, 0.25) is 0 Å². The highest BCUT2D eigenvalue weighted by atomic mass is 16.5. The lowest BCUT2D eigenvalue weighted by molar-refractivity contribution is 0.138. The van der Waals surface area contributed by atoms with Gasteiger partial charge in [-0.25, -0.2) is 0 Å². The van der Waals surface area contributed by atoms with Crippen molar-refractivity contribution in [2.45, 2.75) is 44.8 Å². The number of methoxy groups -OCH3 is 1. The zero-order valence-electron chi connectivity index (χ0n) is 21.4. The molecule has 0 spiro atoms. The van der Waals surface area contributed by atoms with Crippen LogP contribution in [0.5, 0.6) is 17.2 Å². The summed E-state index contributed by atoms with van der Waals surface area (Å²) >= 11 is 0. The van der Waals surface area contributed by atoms with Gasteiger partial charge < -0.3 is 14.2 Å². The molecule has 1 fully saturated rings. The number of piperidine rings is 1. The molecule has 1 atom stereocenters. The molecule has 0 radical (unpaired) electrons. The van der Waals surface area contributed by atoms with Gasteiger partial charge in [-0.15, -0.1) is 0 Å². The molecular formula is C31H38N2O3. The fourth-order valence-electron chi connectivity index (χ4n) is 5.22. The zero-order valence-corrected chi connectivity index (χ0v) is 21.4. The third kappa shape index (κ3) is 6.59. The van der Waals surface area contributed by atoms with Gasteiger partial charge in [-0.05, 0) is 73.8 Å². The van der Waals surface area contributed by atoms with Gasteiger partial charge in [-0.3, -0.25) is 9.80 Å². The molecule has 1 saturated heterocycles. The number of benzene rings is 3. The second-order valence-corrected chi connectivity index (χ2v) is 9.92. The minimum atomic E-state index is 0.270. The second-order valence-electron chi connectivity index (χ2n) is 9.92. The van der Waals surface area contributed by atoms with Crippen LogP contribution in [-0.4, -0.2) is 55.8 Å². The molecule has 0 aromatic heterocycles. The van der Waals surface area contributed by atoms with Gasteiger partial charge in [-0.2, -0.15) is 0 Å². The number of fused-ring (bicyclic) bond motifs is 1. The molecular weight excluding hydrogens is 448 g/mol. The molecule has 0 aliphatic carbocycles. The van der Waals surface area contributed by atoms with Gasteiger partial charge in [0.25, 0.3) is 0 Å². The van der Waals surface area contributed by atoms with E-state index >= 15 is 0 Å². The van der Waals surface area contributed by atoms with Gasteiger partial charge in [0.2, 0.25) is 0 Å². The maximum atomic E-state index is 6.27. The molecule has 0 saturated carbocycles. The van der Waals surface area contributed by atoms with Crippen molar-refractivity contribution in [2.75, 3.05) is 40.0 Å². The number of nitrogens with zero attached hydrogens (tertiary/aromatic N) is 2. The van der Waals surface area contributed by atoms with Crippen molar-refractivity contribution in [1.82, 2.24) is 9.80 Å². The highest BCUT2D eigenvalue weighted by Crippen LogP contribution is 2.28. The van der Waals surface area contributed by atoms with Crippen molar-refractivity contribution in [3.05, 3.63) is 89.5 Å². The summed E-state index contributed by atoms with van der Waals surface area (Å²) in [4.78, 5) is 5.06. The molecule has 0 unspecified atom stereocenters. The van der Waals surface area contributed by atoms with Crippen LogP contribution in [0.25, 0.3) is 0 Å².